The second-order valence-corrected chi connectivity index (χ2v) is 7.35. The minimum Gasteiger partial charge on any atom is -0.399 e. The molecule has 0 aromatic heterocycles. The fourth-order valence-electron chi connectivity index (χ4n) is 1.57. The van der Waals surface area contributed by atoms with Crippen molar-refractivity contribution in [2.75, 3.05) is 18.0 Å². The van der Waals surface area contributed by atoms with Crippen molar-refractivity contribution in [2.45, 2.75) is 25.2 Å². The molecule has 0 aliphatic rings. The lowest BCUT2D eigenvalue weighted by Crippen LogP contribution is -2.31. The van der Waals surface area contributed by atoms with E-state index in [0.29, 0.717) is 18.2 Å². The van der Waals surface area contributed by atoms with Crippen LogP contribution in [0.25, 0.3) is 0 Å². The molecule has 0 radical (unpaired) electrons. The number of hydrogen-bond acceptors (Lipinski definition) is 4. The standard InChI is InChI=1S/C13H19ClN2O3S/c1-9(2)5-6-16-13(17)8-20(18,19)12-4-3-10(15)7-11(12)14/h3-4,7,9H,5-6,8,15H2,1-2H3,(H,16,17). The number of sulfone groups is 1. The number of rotatable bonds is 6. The quantitative estimate of drug-likeness (QED) is 0.783. The molecule has 1 aromatic rings. The van der Waals surface area contributed by atoms with Gasteiger partial charge in [-0.15, -0.1) is 0 Å². The van der Waals surface area contributed by atoms with Gasteiger partial charge in [0.1, 0.15) is 5.75 Å². The van der Waals surface area contributed by atoms with Crippen LogP contribution < -0.4 is 11.1 Å². The van der Waals surface area contributed by atoms with Crippen molar-refractivity contribution >= 4 is 33.0 Å². The largest absolute Gasteiger partial charge is 0.399 e. The molecule has 0 spiro atoms. The molecule has 0 bridgehead atoms. The summed E-state index contributed by atoms with van der Waals surface area (Å²) >= 11 is 5.85. The molecule has 0 heterocycles. The number of nitrogen functional groups attached to an aromatic ring is 1. The lowest BCUT2D eigenvalue weighted by molar-refractivity contribution is -0.118. The normalized spacial score (nSPS) is 11.6. The average Bonchev–Trinajstić information content (AvgIpc) is 2.26. The number of nitrogens with one attached hydrogen (secondary N) is 1. The Labute approximate surface area is 124 Å². The van der Waals surface area contributed by atoms with Gasteiger partial charge < -0.3 is 11.1 Å². The Hall–Kier alpha value is -1.27. The lowest BCUT2D eigenvalue weighted by Gasteiger charge is -2.09. The van der Waals surface area contributed by atoms with Gasteiger partial charge in [-0.25, -0.2) is 8.42 Å². The lowest BCUT2D eigenvalue weighted by atomic mass is 10.1. The van der Waals surface area contributed by atoms with E-state index >= 15 is 0 Å². The number of benzene rings is 1. The van der Waals surface area contributed by atoms with Crippen molar-refractivity contribution in [1.29, 1.82) is 0 Å². The summed E-state index contributed by atoms with van der Waals surface area (Å²) in [5, 5.41) is 2.61. The van der Waals surface area contributed by atoms with Gasteiger partial charge in [-0.2, -0.15) is 0 Å². The molecule has 0 aliphatic heterocycles. The molecule has 0 saturated heterocycles. The Morgan fingerprint density at radius 3 is 2.60 bits per heavy atom. The summed E-state index contributed by atoms with van der Waals surface area (Å²) in [5.41, 5.74) is 5.88. The fraction of sp³-hybridized carbons (Fsp3) is 0.462. The molecule has 0 unspecified atom stereocenters. The molecule has 20 heavy (non-hydrogen) atoms. The van der Waals surface area contributed by atoms with Gasteiger partial charge in [0.25, 0.3) is 0 Å². The topological polar surface area (TPSA) is 89.3 Å². The van der Waals surface area contributed by atoms with E-state index in [9.17, 15) is 13.2 Å². The number of halogens is 1. The zero-order valence-electron chi connectivity index (χ0n) is 11.5. The van der Waals surface area contributed by atoms with Crippen LogP contribution in [0.4, 0.5) is 5.69 Å². The first-order valence-electron chi connectivity index (χ1n) is 6.27. The van der Waals surface area contributed by atoms with Gasteiger partial charge in [0.15, 0.2) is 9.84 Å². The number of carbonyl (C=O) groups is 1. The average molecular weight is 319 g/mol. The molecular formula is C13H19ClN2O3S. The van der Waals surface area contributed by atoms with Crippen LogP contribution in [0.5, 0.6) is 0 Å². The number of amides is 1. The van der Waals surface area contributed by atoms with Crippen molar-refractivity contribution in [3.05, 3.63) is 23.2 Å². The summed E-state index contributed by atoms with van der Waals surface area (Å²) in [6.45, 7) is 4.51. The monoisotopic (exact) mass is 318 g/mol. The predicted octanol–water partition coefficient (Wildman–Crippen LogP) is 1.86. The van der Waals surface area contributed by atoms with Crippen LogP contribution in [0.3, 0.4) is 0 Å². The molecule has 0 fully saturated rings. The SMILES string of the molecule is CC(C)CCNC(=O)CS(=O)(=O)c1ccc(N)cc1Cl. The van der Waals surface area contributed by atoms with E-state index in [2.05, 4.69) is 5.32 Å². The Morgan fingerprint density at radius 1 is 1.40 bits per heavy atom. The van der Waals surface area contributed by atoms with Gasteiger partial charge in [-0.3, -0.25) is 4.79 Å². The van der Waals surface area contributed by atoms with Crippen LogP contribution in [0.15, 0.2) is 23.1 Å². The summed E-state index contributed by atoms with van der Waals surface area (Å²) < 4.78 is 24.2. The zero-order valence-corrected chi connectivity index (χ0v) is 13.1. The summed E-state index contributed by atoms with van der Waals surface area (Å²) in [4.78, 5) is 11.6. The minimum atomic E-state index is -3.76. The van der Waals surface area contributed by atoms with Crippen LogP contribution in [0, 0.1) is 5.92 Å². The third-order valence-electron chi connectivity index (χ3n) is 2.66. The molecule has 7 heteroatoms. The Morgan fingerprint density at radius 2 is 2.05 bits per heavy atom. The van der Waals surface area contributed by atoms with Crippen molar-refractivity contribution in [1.82, 2.24) is 5.32 Å². The molecule has 1 aromatic carbocycles. The maximum Gasteiger partial charge on any atom is 0.235 e. The molecule has 1 rings (SSSR count). The highest BCUT2D eigenvalue weighted by molar-refractivity contribution is 7.92. The highest BCUT2D eigenvalue weighted by Crippen LogP contribution is 2.24. The third kappa shape index (κ3) is 5.02. The van der Waals surface area contributed by atoms with E-state index in [1.54, 1.807) is 0 Å². The van der Waals surface area contributed by atoms with Crippen LogP contribution in [-0.4, -0.2) is 26.6 Å². The summed E-state index contributed by atoms with van der Waals surface area (Å²) in [6.07, 6.45) is 0.800. The van der Waals surface area contributed by atoms with Gasteiger partial charge in [-0.1, -0.05) is 25.4 Å². The fourth-order valence-corrected chi connectivity index (χ4v) is 3.35. The van der Waals surface area contributed by atoms with Crippen molar-refractivity contribution < 1.29 is 13.2 Å². The number of anilines is 1. The van der Waals surface area contributed by atoms with Gasteiger partial charge in [-0.05, 0) is 30.5 Å². The first-order chi connectivity index (χ1) is 9.22. The molecule has 0 aliphatic carbocycles. The van der Waals surface area contributed by atoms with E-state index in [4.69, 9.17) is 17.3 Å². The van der Waals surface area contributed by atoms with Crippen LogP contribution in [0.1, 0.15) is 20.3 Å². The minimum absolute atomic E-state index is 0.0278. The predicted molar refractivity (Wildman–Crippen MR) is 80.4 cm³/mol. The summed E-state index contributed by atoms with van der Waals surface area (Å²) in [6, 6.07) is 4.11. The third-order valence-corrected chi connectivity index (χ3v) is 4.75. The van der Waals surface area contributed by atoms with E-state index in [1.807, 2.05) is 13.8 Å². The molecule has 3 N–H and O–H groups in total. The van der Waals surface area contributed by atoms with Crippen molar-refractivity contribution in [3.63, 3.8) is 0 Å². The molecule has 0 saturated carbocycles. The molecule has 1 amide bonds. The first-order valence-corrected chi connectivity index (χ1v) is 8.30. The Kier molecular flexibility index (Phi) is 5.83. The van der Waals surface area contributed by atoms with E-state index < -0.39 is 21.5 Å². The van der Waals surface area contributed by atoms with Gasteiger partial charge in [0.2, 0.25) is 5.91 Å². The molecular weight excluding hydrogens is 300 g/mol. The van der Waals surface area contributed by atoms with Crippen LogP contribution in [0.2, 0.25) is 5.02 Å². The van der Waals surface area contributed by atoms with E-state index in [0.717, 1.165) is 6.42 Å². The maximum absolute atomic E-state index is 12.1. The molecule has 0 atom stereocenters. The van der Waals surface area contributed by atoms with Gasteiger partial charge in [0.05, 0.1) is 9.92 Å². The van der Waals surface area contributed by atoms with Crippen LogP contribution >= 0.6 is 11.6 Å². The van der Waals surface area contributed by atoms with Gasteiger partial charge >= 0.3 is 0 Å². The van der Waals surface area contributed by atoms with Crippen molar-refractivity contribution in [3.8, 4) is 0 Å². The van der Waals surface area contributed by atoms with Crippen LogP contribution in [-0.2, 0) is 14.6 Å². The summed E-state index contributed by atoms with van der Waals surface area (Å²) in [5.74, 6) is -0.702. The molecule has 5 nitrogen and oxygen atoms in total. The highest BCUT2D eigenvalue weighted by atomic mass is 35.5. The van der Waals surface area contributed by atoms with Gasteiger partial charge in [0, 0.05) is 12.2 Å². The van der Waals surface area contributed by atoms with E-state index in [1.165, 1.54) is 18.2 Å². The Balaban J connectivity index is 2.72. The highest BCUT2D eigenvalue weighted by Gasteiger charge is 2.22. The number of carbonyl (C=O) groups excluding carboxylic acids is 1. The summed E-state index contributed by atoms with van der Waals surface area (Å²) in [7, 11) is -3.76. The first kappa shape index (κ1) is 16.8. The zero-order chi connectivity index (χ0) is 15.3. The number of nitrogens with two attached hydrogens (primary N) is 1. The molecule has 112 valence electrons. The second-order valence-electron chi connectivity index (χ2n) is 4.98. The van der Waals surface area contributed by atoms with E-state index in [-0.39, 0.29) is 9.92 Å². The number of hydrogen-bond donors (Lipinski definition) is 2. The smallest absolute Gasteiger partial charge is 0.235 e. The van der Waals surface area contributed by atoms with Crippen molar-refractivity contribution in [2.24, 2.45) is 5.92 Å². The second kappa shape index (κ2) is 6.95. The maximum atomic E-state index is 12.1. The Bertz CT molecular complexity index is 585.